The first kappa shape index (κ1) is 19.9. The van der Waals surface area contributed by atoms with Gasteiger partial charge in [0.25, 0.3) is 5.91 Å². The summed E-state index contributed by atoms with van der Waals surface area (Å²) in [5.74, 6) is -0.952. The van der Waals surface area contributed by atoms with Crippen LogP contribution >= 0.6 is 31.9 Å². The van der Waals surface area contributed by atoms with Crippen molar-refractivity contribution in [2.24, 2.45) is 5.10 Å². The standard InChI is InChI=1S/C17H14Br2N2O5/c18-12-2-1-3-14(7-12)25-9-16(22)21-20-8-11-6-13(19)4-5-15(11)26-10-17(23)24/h1-8H,9-10H2,(H,21,22)(H,23,24)/p-1. The average molecular weight is 485 g/mol. The number of nitrogens with zero attached hydrogens (tertiary/aromatic N) is 1. The molecular formula is C17H13Br2N2O5-. The minimum absolute atomic E-state index is 0.208. The number of ether oxygens (including phenoxy) is 2. The minimum atomic E-state index is -1.34. The Morgan fingerprint density at radius 3 is 2.58 bits per heavy atom. The fourth-order valence-electron chi connectivity index (χ4n) is 1.80. The molecule has 0 aliphatic heterocycles. The maximum Gasteiger partial charge on any atom is 0.277 e. The third-order valence-electron chi connectivity index (χ3n) is 2.88. The highest BCUT2D eigenvalue weighted by Crippen LogP contribution is 2.21. The topological polar surface area (TPSA) is 100 Å². The number of hydrogen-bond donors (Lipinski definition) is 1. The lowest BCUT2D eigenvalue weighted by atomic mass is 10.2. The van der Waals surface area contributed by atoms with Crippen molar-refractivity contribution in [3.63, 3.8) is 0 Å². The molecule has 136 valence electrons. The summed E-state index contributed by atoms with van der Waals surface area (Å²) in [6.07, 6.45) is 1.34. The number of carbonyl (C=O) groups excluding carboxylic acids is 2. The Balaban J connectivity index is 1.91. The fraction of sp³-hybridized carbons (Fsp3) is 0.118. The number of amides is 1. The van der Waals surface area contributed by atoms with E-state index in [-0.39, 0.29) is 6.61 Å². The predicted molar refractivity (Wildman–Crippen MR) is 100 cm³/mol. The van der Waals surface area contributed by atoms with Gasteiger partial charge in [0, 0.05) is 14.5 Å². The van der Waals surface area contributed by atoms with Crippen molar-refractivity contribution < 1.29 is 24.2 Å². The van der Waals surface area contributed by atoms with Crippen LogP contribution in [0.3, 0.4) is 0 Å². The SMILES string of the molecule is O=C([O-])COc1ccc(Br)cc1C=NNC(=O)COc1cccc(Br)c1. The van der Waals surface area contributed by atoms with Crippen molar-refractivity contribution >= 4 is 50.0 Å². The van der Waals surface area contributed by atoms with E-state index >= 15 is 0 Å². The van der Waals surface area contributed by atoms with Gasteiger partial charge in [-0.1, -0.05) is 37.9 Å². The lowest BCUT2D eigenvalue weighted by Crippen LogP contribution is -2.29. The third kappa shape index (κ3) is 6.85. The molecule has 0 bridgehead atoms. The molecule has 0 unspecified atom stereocenters. The van der Waals surface area contributed by atoms with Gasteiger partial charge in [-0.3, -0.25) is 4.79 Å². The quantitative estimate of drug-likeness (QED) is 0.455. The van der Waals surface area contributed by atoms with Crippen LogP contribution in [0.25, 0.3) is 0 Å². The van der Waals surface area contributed by atoms with Gasteiger partial charge in [-0.25, -0.2) is 5.43 Å². The summed E-state index contributed by atoms with van der Waals surface area (Å²) in [7, 11) is 0. The molecule has 2 aromatic rings. The number of carbonyl (C=O) groups is 2. The van der Waals surface area contributed by atoms with Gasteiger partial charge in [-0.05, 0) is 36.4 Å². The first-order valence-corrected chi connectivity index (χ1v) is 8.85. The number of benzene rings is 2. The number of rotatable bonds is 8. The van der Waals surface area contributed by atoms with Crippen LogP contribution in [0.1, 0.15) is 5.56 Å². The van der Waals surface area contributed by atoms with Gasteiger partial charge in [0.05, 0.1) is 12.2 Å². The Morgan fingerprint density at radius 2 is 1.85 bits per heavy atom. The number of halogens is 2. The summed E-state index contributed by atoms with van der Waals surface area (Å²) in [6.45, 7) is -0.796. The van der Waals surface area contributed by atoms with E-state index in [4.69, 9.17) is 9.47 Å². The Labute approximate surface area is 166 Å². The van der Waals surface area contributed by atoms with Crippen LogP contribution in [0.4, 0.5) is 0 Å². The highest BCUT2D eigenvalue weighted by atomic mass is 79.9. The number of carboxylic acids is 1. The van der Waals surface area contributed by atoms with Crippen molar-refractivity contribution in [1.82, 2.24) is 5.43 Å². The van der Waals surface area contributed by atoms with Crippen molar-refractivity contribution in [2.45, 2.75) is 0 Å². The van der Waals surface area contributed by atoms with E-state index in [1.54, 1.807) is 36.4 Å². The van der Waals surface area contributed by atoms with Crippen molar-refractivity contribution in [2.75, 3.05) is 13.2 Å². The van der Waals surface area contributed by atoms with Crippen LogP contribution in [0.15, 0.2) is 56.5 Å². The number of aliphatic carboxylic acids is 1. The second kappa shape index (κ2) is 9.93. The Bertz CT molecular complexity index is 827. The summed E-state index contributed by atoms with van der Waals surface area (Å²) in [4.78, 5) is 22.3. The van der Waals surface area contributed by atoms with Gasteiger partial charge in [-0.2, -0.15) is 5.10 Å². The van der Waals surface area contributed by atoms with Crippen LogP contribution < -0.4 is 20.0 Å². The molecule has 0 aliphatic rings. The Hall–Kier alpha value is -2.39. The maximum absolute atomic E-state index is 11.8. The molecule has 0 aromatic heterocycles. The summed E-state index contributed by atoms with van der Waals surface area (Å²) in [6, 6.07) is 12.0. The summed E-state index contributed by atoms with van der Waals surface area (Å²) in [5.41, 5.74) is 2.80. The minimum Gasteiger partial charge on any atom is -0.546 e. The first-order valence-electron chi connectivity index (χ1n) is 7.26. The molecule has 1 amide bonds. The van der Waals surface area contributed by atoms with Gasteiger partial charge >= 0.3 is 0 Å². The number of nitrogens with one attached hydrogen (secondary N) is 1. The van der Waals surface area contributed by atoms with Gasteiger partial charge in [0.1, 0.15) is 18.1 Å². The number of hydrazone groups is 1. The molecule has 7 nitrogen and oxygen atoms in total. The largest absolute Gasteiger partial charge is 0.546 e. The van der Waals surface area contributed by atoms with Gasteiger partial charge < -0.3 is 19.4 Å². The molecule has 1 N–H and O–H groups in total. The molecule has 0 saturated heterocycles. The second-order valence-corrected chi connectivity index (χ2v) is 6.71. The molecule has 0 spiro atoms. The van der Waals surface area contributed by atoms with E-state index in [1.165, 1.54) is 6.21 Å². The molecule has 9 heteroatoms. The zero-order valence-corrected chi connectivity index (χ0v) is 16.4. The fourth-order valence-corrected chi connectivity index (χ4v) is 2.56. The van der Waals surface area contributed by atoms with Crippen molar-refractivity contribution in [3.8, 4) is 11.5 Å². The van der Waals surface area contributed by atoms with Crippen molar-refractivity contribution in [3.05, 3.63) is 57.0 Å². The number of hydrogen-bond acceptors (Lipinski definition) is 6. The van der Waals surface area contributed by atoms with E-state index in [0.717, 1.165) is 8.95 Å². The number of carboxylic acid groups (broad SMARTS) is 1. The van der Waals surface area contributed by atoms with Crippen LogP contribution in [0.2, 0.25) is 0 Å². The summed E-state index contributed by atoms with van der Waals surface area (Å²) >= 11 is 6.61. The monoisotopic (exact) mass is 483 g/mol. The van der Waals surface area contributed by atoms with E-state index in [2.05, 4.69) is 42.4 Å². The highest BCUT2D eigenvalue weighted by molar-refractivity contribution is 9.10. The Morgan fingerprint density at radius 1 is 1.08 bits per heavy atom. The van der Waals surface area contributed by atoms with Crippen LogP contribution in [0.5, 0.6) is 11.5 Å². The summed E-state index contributed by atoms with van der Waals surface area (Å²) < 4.78 is 12.0. The lowest BCUT2D eigenvalue weighted by Gasteiger charge is -2.10. The smallest absolute Gasteiger partial charge is 0.277 e. The molecule has 2 rings (SSSR count). The molecule has 26 heavy (non-hydrogen) atoms. The summed E-state index contributed by atoms with van der Waals surface area (Å²) in [5, 5.41) is 14.3. The molecule has 0 radical (unpaired) electrons. The van der Waals surface area contributed by atoms with Gasteiger partial charge in [0.15, 0.2) is 6.61 Å². The Kier molecular flexibility index (Phi) is 7.61. The van der Waals surface area contributed by atoms with E-state index < -0.39 is 18.5 Å². The predicted octanol–water partition coefficient (Wildman–Crippen LogP) is 1.87. The van der Waals surface area contributed by atoms with E-state index in [0.29, 0.717) is 17.1 Å². The zero-order chi connectivity index (χ0) is 18.9. The molecule has 0 atom stereocenters. The molecule has 0 fully saturated rings. The van der Waals surface area contributed by atoms with Crippen LogP contribution in [0, 0.1) is 0 Å². The normalized spacial score (nSPS) is 10.5. The van der Waals surface area contributed by atoms with E-state index in [9.17, 15) is 14.7 Å². The zero-order valence-electron chi connectivity index (χ0n) is 13.3. The third-order valence-corrected chi connectivity index (χ3v) is 3.86. The second-order valence-electron chi connectivity index (χ2n) is 4.88. The van der Waals surface area contributed by atoms with Gasteiger partial charge in [-0.15, -0.1) is 0 Å². The first-order chi connectivity index (χ1) is 12.4. The lowest BCUT2D eigenvalue weighted by molar-refractivity contribution is -0.307. The van der Waals surface area contributed by atoms with Crippen LogP contribution in [-0.4, -0.2) is 31.3 Å². The average Bonchev–Trinajstić information content (AvgIpc) is 2.59. The molecular weight excluding hydrogens is 472 g/mol. The molecule has 0 aliphatic carbocycles. The van der Waals surface area contributed by atoms with Crippen LogP contribution in [-0.2, 0) is 9.59 Å². The molecule has 0 heterocycles. The highest BCUT2D eigenvalue weighted by Gasteiger charge is 2.05. The van der Waals surface area contributed by atoms with Crippen molar-refractivity contribution in [1.29, 1.82) is 0 Å². The van der Waals surface area contributed by atoms with E-state index in [1.807, 2.05) is 6.07 Å². The molecule has 0 saturated carbocycles. The maximum atomic E-state index is 11.8. The molecule has 2 aromatic carbocycles. The van der Waals surface area contributed by atoms with Gasteiger partial charge in [0.2, 0.25) is 0 Å².